The van der Waals surface area contributed by atoms with Crippen LogP contribution in [0.1, 0.15) is 54.4 Å². The molecule has 0 spiro atoms. The van der Waals surface area contributed by atoms with E-state index in [1.54, 1.807) is 32.9 Å². The molecular weight excluding hydrogens is 385 g/mol. The van der Waals surface area contributed by atoms with Gasteiger partial charge in [0.25, 0.3) is 0 Å². The lowest BCUT2D eigenvalue weighted by Crippen LogP contribution is -2.55. The first-order valence-electron chi connectivity index (χ1n) is 10.8. The highest BCUT2D eigenvalue weighted by Gasteiger charge is 2.33. The number of benzene rings is 1. The summed E-state index contributed by atoms with van der Waals surface area (Å²) in [5.41, 5.74) is 0.382. The average molecular weight is 422 g/mol. The lowest BCUT2D eigenvalue weighted by atomic mass is 9.98. The van der Waals surface area contributed by atoms with Crippen molar-refractivity contribution in [3.05, 3.63) is 30.1 Å². The first kappa shape index (κ1) is 24.0. The number of ether oxygens (including phenoxy) is 1. The van der Waals surface area contributed by atoms with E-state index in [-0.39, 0.29) is 17.6 Å². The van der Waals surface area contributed by atoms with E-state index < -0.39 is 17.7 Å². The summed E-state index contributed by atoms with van der Waals surface area (Å²) in [7, 11) is 0. The van der Waals surface area contributed by atoms with Gasteiger partial charge in [-0.15, -0.1) is 0 Å². The Balaban J connectivity index is 1.98. The molecule has 1 aromatic carbocycles. The minimum Gasteiger partial charge on any atom is -0.444 e. The standard InChI is InChI=1S/C23H36FN3O3/c1-7-27(18-10-8-17(24)9-11-18)19-12-14-26(15-13-19)21(28)20(16(2)3)25-22(29)30-23(4,5)6/h8-11,16,19-20H,7,12-15H2,1-6H3,(H,25,29)/t20-/m0/s1. The minimum atomic E-state index is -0.615. The Kier molecular flexibility index (Phi) is 8.10. The van der Waals surface area contributed by atoms with Crippen LogP contribution in [0.4, 0.5) is 14.9 Å². The number of amides is 2. The SMILES string of the molecule is CCN(c1ccc(F)cc1)C1CCN(C(=O)[C@@H](NC(=O)OC(C)(C)C)C(C)C)CC1. The zero-order valence-electron chi connectivity index (χ0n) is 19.1. The van der Waals surface area contributed by atoms with Gasteiger partial charge in [0.15, 0.2) is 0 Å². The van der Waals surface area contributed by atoms with Gasteiger partial charge in [0.2, 0.25) is 5.91 Å². The molecule has 168 valence electrons. The van der Waals surface area contributed by atoms with Crippen molar-refractivity contribution in [2.45, 2.75) is 72.1 Å². The largest absolute Gasteiger partial charge is 0.444 e. The molecule has 1 aliphatic heterocycles. The summed E-state index contributed by atoms with van der Waals surface area (Å²) in [6.07, 6.45) is 1.08. The highest BCUT2D eigenvalue weighted by molar-refractivity contribution is 5.86. The molecule has 1 saturated heterocycles. The number of likely N-dealkylation sites (tertiary alicyclic amines) is 1. The number of nitrogens with zero attached hydrogens (tertiary/aromatic N) is 2. The van der Waals surface area contributed by atoms with Crippen LogP contribution in [-0.4, -0.2) is 54.2 Å². The van der Waals surface area contributed by atoms with E-state index >= 15 is 0 Å². The molecule has 0 saturated carbocycles. The molecule has 0 bridgehead atoms. The third kappa shape index (κ3) is 6.61. The first-order chi connectivity index (χ1) is 14.0. The van der Waals surface area contributed by atoms with E-state index in [4.69, 9.17) is 4.74 Å². The predicted molar refractivity (Wildman–Crippen MR) is 117 cm³/mol. The second-order valence-electron chi connectivity index (χ2n) is 9.19. The molecule has 1 heterocycles. The van der Waals surface area contributed by atoms with Gasteiger partial charge < -0.3 is 19.9 Å². The summed E-state index contributed by atoms with van der Waals surface area (Å²) in [4.78, 5) is 29.4. The van der Waals surface area contributed by atoms with Crippen LogP contribution in [0.3, 0.4) is 0 Å². The third-order valence-electron chi connectivity index (χ3n) is 5.32. The summed E-state index contributed by atoms with van der Waals surface area (Å²) >= 11 is 0. The van der Waals surface area contributed by atoms with Crippen molar-refractivity contribution in [2.75, 3.05) is 24.5 Å². The van der Waals surface area contributed by atoms with Gasteiger partial charge in [-0.25, -0.2) is 9.18 Å². The highest BCUT2D eigenvalue weighted by Crippen LogP contribution is 2.24. The maximum absolute atomic E-state index is 13.3. The molecule has 0 aliphatic carbocycles. The van der Waals surface area contributed by atoms with Crippen molar-refractivity contribution < 1.29 is 18.7 Å². The number of halogens is 1. The number of carbonyl (C=O) groups excluding carboxylic acids is 2. The molecular formula is C23H36FN3O3. The van der Waals surface area contributed by atoms with Crippen molar-refractivity contribution in [1.82, 2.24) is 10.2 Å². The Bertz CT molecular complexity index is 707. The smallest absolute Gasteiger partial charge is 0.408 e. The number of anilines is 1. The Labute approximate surface area is 179 Å². The molecule has 1 aromatic rings. The van der Waals surface area contributed by atoms with Crippen LogP contribution in [0, 0.1) is 11.7 Å². The van der Waals surface area contributed by atoms with Gasteiger partial charge in [-0.3, -0.25) is 4.79 Å². The van der Waals surface area contributed by atoms with Crippen molar-refractivity contribution in [3.63, 3.8) is 0 Å². The number of rotatable bonds is 6. The molecule has 2 rings (SSSR count). The monoisotopic (exact) mass is 421 g/mol. The number of piperidine rings is 1. The number of nitrogens with one attached hydrogen (secondary N) is 1. The van der Waals surface area contributed by atoms with E-state index in [0.717, 1.165) is 25.1 Å². The molecule has 1 fully saturated rings. The van der Waals surface area contributed by atoms with E-state index in [0.29, 0.717) is 19.1 Å². The first-order valence-corrected chi connectivity index (χ1v) is 10.8. The Morgan fingerprint density at radius 1 is 1.20 bits per heavy atom. The molecule has 1 atom stereocenters. The number of alkyl carbamates (subject to hydrolysis) is 1. The number of hydrogen-bond acceptors (Lipinski definition) is 4. The van der Waals surface area contributed by atoms with Crippen LogP contribution in [0.15, 0.2) is 24.3 Å². The van der Waals surface area contributed by atoms with Gasteiger partial charge in [0, 0.05) is 31.4 Å². The maximum Gasteiger partial charge on any atom is 0.408 e. The molecule has 0 aromatic heterocycles. The van der Waals surface area contributed by atoms with Gasteiger partial charge in [-0.1, -0.05) is 13.8 Å². The van der Waals surface area contributed by atoms with Crippen LogP contribution < -0.4 is 10.2 Å². The van der Waals surface area contributed by atoms with E-state index in [1.165, 1.54) is 12.1 Å². The maximum atomic E-state index is 13.3. The molecule has 2 amide bonds. The highest BCUT2D eigenvalue weighted by atomic mass is 19.1. The quantitative estimate of drug-likeness (QED) is 0.748. The van der Waals surface area contributed by atoms with Gasteiger partial charge in [-0.05, 0) is 70.7 Å². The Morgan fingerprint density at radius 2 is 1.77 bits per heavy atom. The zero-order valence-corrected chi connectivity index (χ0v) is 19.1. The zero-order chi connectivity index (χ0) is 22.5. The molecule has 7 heteroatoms. The second-order valence-corrected chi connectivity index (χ2v) is 9.19. The Morgan fingerprint density at radius 3 is 2.23 bits per heavy atom. The molecule has 0 unspecified atom stereocenters. The van der Waals surface area contributed by atoms with Gasteiger partial charge >= 0.3 is 6.09 Å². The molecule has 30 heavy (non-hydrogen) atoms. The van der Waals surface area contributed by atoms with Crippen molar-refractivity contribution >= 4 is 17.7 Å². The normalized spacial score (nSPS) is 16.3. The molecule has 0 radical (unpaired) electrons. The Hall–Kier alpha value is -2.31. The summed E-state index contributed by atoms with van der Waals surface area (Å²) in [5.74, 6) is -0.360. The van der Waals surface area contributed by atoms with Crippen LogP contribution in [0.25, 0.3) is 0 Å². The molecule has 1 N–H and O–H groups in total. The summed E-state index contributed by atoms with van der Waals surface area (Å²) in [6, 6.07) is 6.24. The van der Waals surface area contributed by atoms with Crippen molar-refractivity contribution in [3.8, 4) is 0 Å². The number of carbonyl (C=O) groups is 2. The van der Waals surface area contributed by atoms with Crippen LogP contribution in [-0.2, 0) is 9.53 Å². The number of hydrogen-bond donors (Lipinski definition) is 1. The fraction of sp³-hybridized carbons (Fsp3) is 0.652. The lowest BCUT2D eigenvalue weighted by molar-refractivity contribution is -0.135. The summed E-state index contributed by atoms with van der Waals surface area (Å²) < 4.78 is 18.6. The second kappa shape index (κ2) is 10.1. The average Bonchev–Trinajstić information content (AvgIpc) is 2.66. The minimum absolute atomic E-state index is 0.0471. The van der Waals surface area contributed by atoms with Gasteiger partial charge in [0.05, 0.1) is 0 Å². The van der Waals surface area contributed by atoms with Gasteiger partial charge in [-0.2, -0.15) is 0 Å². The third-order valence-corrected chi connectivity index (χ3v) is 5.32. The van der Waals surface area contributed by atoms with E-state index in [1.807, 2.05) is 18.7 Å². The van der Waals surface area contributed by atoms with E-state index in [9.17, 15) is 14.0 Å². The summed E-state index contributed by atoms with van der Waals surface area (Å²) in [5, 5.41) is 2.75. The van der Waals surface area contributed by atoms with Crippen LogP contribution in [0.2, 0.25) is 0 Å². The molecule has 1 aliphatic rings. The summed E-state index contributed by atoms with van der Waals surface area (Å²) in [6.45, 7) is 13.4. The topological polar surface area (TPSA) is 61.9 Å². The van der Waals surface area contributed by atoms with Crippen LogP contribution >= 0.6 is 0 Å². The van der Waals surface area contributed by atoms with Crippen molar-refractivity contribution in [1.29, 1.82) is 0 Å². The molecule has 6 nitrogen and oxygen atoms in total. The van der Waals surface area contributed by atoms with Crippen LogP contribution in [0.5, 0.6) is 0 Å². The lowest BCUT2D eigenvalue weighted by Gasteiger charge is -2.40. The predicted octanol–water partition coefficient (Wildman–Crippen LogP) is 4.19. The fourth-order valence-corrected chi connectivity index (χ4v) is 3.83. The van der Waals surface area contributed by atoms with E-state index in [2.05, 4.69) is 17.1 Å². The fourth-order valence-electron chi connectivity index (χ4n) is 3.83. The van der Waals surface area contributed by atoms with Crippen molar-refractivity contribution in [2.24, 2.45) is 5.92 Å². The van der Waals surface area contributed by atoms with Gasteiger partial charge in [0.1, 0.15) is 17.5 Å².